The van der Waals surface area contributed by atoms with Crippen molar-refractivity contribution < 1.29 is 9.15 Å². The van der Waals surface area contributed by atoms with Crippen molar-refractivity contribution in [3.8, 4) is 0 Å². The summed E-state index contributed by atoms with van der Waals surface area (Å²) >= 11 is 3.31. The van der Waals surface area contributed by atoms with Crippen LogP contribution in [0.4, 0.5) is 0 Å². The summed E-state index contributed by atoms with van der Waals surface area (Å²) in [5, 5.41) is 18.2. The smallest absolute Gasteiger partial charge is 0.180 e. The Balaban J connectivity index is 0.000000270. The van der Waals surface area contributed by atoms with E-state index in [-0.39, 0.29) is 0 Å². The zero-order valence-corrected chi connectivity index (χ0v) is 27.9. The first kappa shape index (κ1) is 40.3. The van der Waals surface area contributed by atoms with Crippen LogP contribution in [-0.2, 0) is 4.74 Å². The van der Waals surface area contributed by atoms with Crippen LogP contribution in [0.1, 0.15) is 19.3 Å². The van der Waals surface area contributed by atoms with Gasteiger partial charge in [-0.2, -0.15) is 21.5 Å². The molecule has 1 fully saturated rings. The lowest BCUT2D eigenvalue weighted by molar-refractivity contribution is 0.0968. The summed E-state index contributed by atoms with van der Waals surface area (Å²) in [6, 6.07) is 11.6. The Hall–Kier alpha value is -5.71. The molecule has 14 nitrogen and oxygen atoms in total. The fraction of sp³-hybridized carbons (Fsp3) is 0.156. The van der Waals surface area contributed by atoms with E-state index in [9.17, 15) is 0 Å². The number of ether oxygens (including phenoxy) is 1. The van der Waals surface area contributed by atoms with Crippen LogP contribution in [0.25, 0.3) is 0 Å². The van der Waals surface area contributed by atoms with Crippen LogP contribution in [-0.4, -0.2) is 73.5 Å². The molecule has 0 saturated carbocycles. The molecule has 16 heteroatoms. The average Bonchev–Trinajstić information content (AvgIpc) is 4.03. The van der Waals surface area contributed by atoms with E-state index in [1.54, 1.807) is 109 Å². The van der Waals surface area contributed by atoms with Crippen LogP contribution < -0.4 is 0 Å². The number of thiazole rings is 1. The van der Waals surface area contributed by atoms with Gasteiger partial charge in [0.05, 0.1) is 18.0 Å². The molecule has 0 aliphatic carbocycles. The van der Waals surface area contributed by atoms with Gasteiger partial charge in [0, 0.05) is 86.8 Å². The largest absolute Gasteiger partial charge is 0.452 e. The molecular formula is C32H40N12O2S2. The molecule has 0 atom stereocenters. The number of pyridine rings is 1. The molecule has 0 radical (unpaired) electrons. The van der Waals surface area contributed by atoms with Gasteiger partial charge in [-0.1, -0.05) is 18.2 Å². The summed E-state index contributed by atoms with van der Waals surface area (Å²) in [4.78, 5) is 28.5. The first-order valence-electron chi connectivity index (χ1n) is 14.4. The number of hydrogen-bond donors (Lipinski definition) is 3. The summed E-state index contributed by atoms with van der Waals surface area (Å²) in [5.41, 5.74) is 1.79. The molecule has 8 aromatic rings. The van der Waals surface area contributed by atoms with Gasteiger partial charge >= 0.3 is 0 Å². The minimum absolute atomic E-state index is 1.00. The van der Waals surface area contributed by atoms with Gasteiger partial charge in [0.25, 0.3) is 0 Å². The van der Waals surface area contributed by atoms with Crippen LogP contribution in [0.5, 0.6) is 0 Å². The summed E-state index contributed by atoms with van der Waals surface area (Å²) in [6.07, 6.45) is 31.7. The molecular weight excluding hydrogens is 649 g/mol. The van der Waals surface area contributed by atoms with Gasteiger partial charge in [0.1, 0.15) is 18.9 Å². The van der Waals surface area contributed by atoms with E-state index >= 15 is 0 Å². The predicted octanol–water partition coefficient (Wildman–Crippen LogP) is 6.94. The SMILES string of the molecule is C1CCOCC1.c1c[nH]cn1.c1ccncc1.c1ccsc1.c1cn[nH]c1.c1cnccn1.c1cocn1.c1cscn1.c1nc[nH]n1. The second-order valence-corrected chi connectivity index (χ2v) is 9.49. The second-order valence-electron chi connectivity index (χ2n) is 7.92. The molecule has 0 amide bonds. The maximum absolute atomic E-state index is 5.07. The van der Waals surface area contributed by atoms with Crippen LogP contribution >= 0.6 is 22.7 Å². The normalized spacial score (nSPS) is 10.0. The Morgan fingerprint density at radius 3 is 1.46 bits per heavy atom. The van der Waals surface area contributed by atoms with Gasteiger partial charge < -0.3 is 14.1 Å². The topological polar surface area (TPSA) is 186 Å². The molecule has 1 saturated heterocycles. The van der Waals surface area contributed by atoms with Crippen molar-refractivity contribution in [1.29, 1.82) is 0 Å². The molecule has 0 bridgehead atoms. The summed E-state index contributed by atoms with van der Waals surface area (Å²) in [7, 11) is 0. The first-order valence-corrected chi connectivity index (χ1v) is 16.3. The fourth-order valence-corrected chi connectivity index (χ4v) is 3.23. The quantitative estimate of drug-likeness (QED) is 0.150. The highest BCUT2D eigenvalue weighted by atomic mass is 32.1. The Kier molecular flexibility index (Phi) is 31.5. The number of imidazole rings is 1. The third-order valence-corrected chi connectivity index (χ3v) is 5.54. The van der Waals surface area contributed by atoms with Gasteiger partial charge in [0.15, 0.2) is 6.39 Å². The molecule has 1 aliphatic heterocycles. The summed E-state index contributed by atoms with van der Waals surface area (Å²) < 4.78 is 9.54. The number of thiophene rings is 1. The van der Waals surface area contributed by atoms with Crippen molar-refractivity contribution in [2.75, 3.05) is 13.2 Å². The number of H-pyrrole nitrogens is 3. The second kappa shape index (κ2) is 37.5. The van der Waals surface area contributed by atoms with Crippen LogP contribution in [0.2, 0.25) is 0 Å². The van der Waals surface area contributed by atoms with Crippen molar-refractivity contribution in [2.24, 2.45) is 0 Å². The number of aromatic nitrogens is 12. The Morgan fingerprint density at radius 1 is 0.500 bits per heavy atom. The van der Waals surface area contributed by atoms with E-state index in [1.807, 2.05) is 52.5 Å². The number of oxazole rings is 1. The van der Waals surface area contributed by atoms with E-state index in [2.05, 4.69) is 64.7 Å². The van der Waals surface area contributed by atoms with E-state index in [0.717, 1.165) is 13.2 Å². The average molecular weight is 689 g/mol. The third-order valence-electron chi connectivity index (χ3n) is 4.38. The molecule has 0 aromatic carbocycles. The molecule has 0 unspecified atom stereocenters. The molecule has 0 spiro atoms. The van der Waals surface area contributed by atoms with Crippen LogP contribution in [0.3, 0.4) is 0 Å². The Morgan fingerprint density at radius 2 is 1.27 bits per heavy atom. The minimum atomic E-state index is 1.00. The highest BCUT2D eigenvalue weighted by Crippen LogP contribution is 2.02. The van der Waals surface area contributed by atoms with Crippen molar-refractivity contribution in [3.63, 3.8) is 0 Å². The lowest BCUT2D eigenvalue weighted by Gasteiger charge is -2.08. The highest BCUT2D eigenvalue weighted by molar-refractivity contribution is 7.07. The number of nitrogens with zero attached hydrogens (tertiary/aromatic N) is 9. The van der Waals surface area contributed by atoms with Gasteiger partial charge in [-0.05, 0) is 48.2 Å². The molecule has 252 valence electrons. The fourth-order valence-electron chi connectivity index (χ4n) is 2.43. The highest BCUT2D eigenvalue weighted by Gasteiger charge is 1.95. The van der Waals surface area contributed by atoms with E-state index < -0.39 is 0 Å². The minimum Gasteiger partial charge on any atom is -0.452 e. The molecule has 9 heterocycles. The third kappa shape index (κ3) is 34.8. The van der Waals surface area contributed by atoms with Crippen molar-refractivity contribution >= 4 is 22.7 Å². The Labute approximate surface area is 287 Å². The number of hydrogen-bond acceptors (Lipinski definition) is 13. The van der Waals surface area contributed by atoms with Gasteiger partial charge in [0.2, 0.25) is 0 Å². The van der Waals surface area contributed by atoms with Gasteiger partial charge in [-0.25, -0.2) is 15.0 Å². The van der Waals surface area contributed by atoms with Crippen molar-refractivity contribution in [1.82, 2.24) is 60.3 Å². The molecule has 1 aliphatic rings. The van der Waals surface area contributed by atoms with E-state index in [0.29, 0.717) is 0 Å². The van der Waals surface area contributed by atoms with Crippen molar-refractivity contribution in [3.05, 3.63) is 164 Å². The monoisotopic (exact) mass is 688 g/mol. The summed E-state index contributed by atoms with van der Waals surface area (Å²) in [5.74, 6) is 0. The molecule has 8 aromatic heterocycles. The van der Waals surface area contributed by atoms with Crippen molar-refractivity contribution in [2.45, 2.75) is 19.3 Å². The maximum Gasteiger partial charge on any atom is 0.180 e. The number of nitrogens with one attached hydrogen (secondary N) is 3. The van der Waals surface area contributed by atoms with Gasteiger partial charge in [-0.3, -0.25) is 30.1 Å². The predicted molar refractivity (Wildman–Crippen MR) is 187 cm³/mol. The van der Waals surface area contributed by atoms with Crippen LogP contribution in [0, 0.1) is 0 Å². The van der Waals surface area contributed by atoms with E-state index in [4.69, 9.17) is 4.74 Å². The Bertz CT molecular complexity index is 1050. The van der Waals surface area contributed by atoms with Gasteiger partial charge in [-0.15, -0.1) is 11.3 Å². The maximum atomic E-state index is 5.07. The molecule has 48 heavy (non-hydrogen) atoms. The molecule has 9 rings (SSSR count). The zero-order valence-electron chi connectivity index (χ0n) is 26.3. The van der Waals surface area contributed by atoms with Crippen LogP contribution in [0.15, 0.2) is 168 Å². The lowest BCUT2D eigenvalue weighted by atomic mass is 10.2. The standard InChI is InChI=1S/C5H5N.C5H10O.C4H4N2.C4H4S.2C3H4N2.C3H3NO.C3H3NS.C2H3N3/c2*1-2-4-6-5-3-1;1-2-6-4-3-5-1;1-2-4-5-3-1;1-2-5-3-4-1;1-2-4-5-3-1;2*1-2-5-3-4-1;1-3-2-5-4-1/h1-5H;1-5H2;1-4H;1-4H;2*1-3H,(H,4,5);2*1-3H;1-2H,(H,3,4,5). The number of rotatable bonds is 0. The van der Waals surface area contributed by atoms with E-state index in [1.165, 1.54) is 44.6 Å². The zero-order chi connectivity index (χ0) is 33.9. The lowest BCUT2D eigenvalue weighted by Crippen LogP contribution is -2.03. The molecule has 3 N–H and O–H groups in total. The first-order chi connectivity index (χ1) is 24.0. The summed E-state index contributed by atoms with van der Waals surface area (Å²) in [6.45, 7) is 2.00. The number of aromatic amines is 3.